The number of amides is 3. The van der Waals surface area contributed by atoms with E-state index in [1.54, 1.807) is 4.90 Å². The first-order chi connectivity index (χ1) is 16.5. The van der Waals surface area contributed by atoms with Gasteiger partial charge in [0.1, 0.15) is 18.2 Å². The summed E-state index contributed by atoms with van der Waals surface area (Å²) in [6, 6.07) is 9.19. The summed E-state index contributed by atoms with van der Waals surface area (Å²) < 4.78 is 5.49. The molecule has 1 unspecified atom stereocenters. The second-order valence-corrected chi connectivity index (χ2v) is 10.2. The van der Waals surface area contributed by atoms with Gasteiger partial charge in [0, 0.05) is 19.6 Å². The monoisotopic (exact) mass is 505 g/mol. The predicted octanol–water partition coefficient (Wildman–Crippen LogP) is 4.68. The predicted molar refractivity (Wildman–Crippen MR) is 137 cm³/mol. The summed E-state index contributed by atoms with van der Waals surface area (Å²) >= 11 is 0. The van der Waals surface area contributed by atoms with Crippen molar-refractivity contribution >= 4 is 30.3 Å². The van der Waals surface area contributed by atoms with Gasteiger partial charge in [0.05, 0.1) is 0 Å². The smallest absolute Gasteiger partial charge is 0.410 e. The zero-order chi connectivity index (χ0) is 24.0. The lowest BCUT2D eigenvalue weighted by Gasteiger charge is -2.51. The van der Waals surface area contributed by atoms with Crippen LogP contribution in [0.5, 0.6) is 0 Å². The lowest BCUT2D eigenvalue weighted by Crippen LogP contribution is -2.73. The van der Waals surface area contributed by atoms with Gasteiger partial charge >= 0.3 is 6.09 Å². The molecule has 0 bridgehead atoms. The summed E-state index contributed by atoms with van der Waals surface area (Å²) in [5.74, 6) is 0.548. The van der Waals surface area contributed by atoms with E-state index in [0.29, 0.717) is 38.4 Å². The Balaban J connectivity index is 0.00000342. The number of nitrogens with zero attached hydrogens (tertiary/aromatic N) is 2. The quantitative estimate of drug-likeness (QED) is 0.583. The molecule has 3 fully saturated rings. The van der Waals surface area contributed by atoms with Crippen molar-refractivity contribution in [3.05, 3.63) is 35.9 Å². The molecule has 1 N–H and O–H groups in total. The topological polar surface area (TPSA) is 79.0 Å². The fraction of sp³-hybridized carbons (Fsp3) is 0.667. The van der Waals surface area contributed by atoms with Gasteiger partial charge in [-0.3, -0.25) is 9.59 Å². The van der Waals surface area contributed by atoms with Gasteiger partial charge in [0.15, 0.2) is 0 Å². The summed E-state index contributed by atoms with van der Waals surface area (Å²) in [5.41, 5.74) is 0.0854. The molecule has 4 rings (SSSR count). The highest BCUT2D eigenvalue weighted by Gasteiger charge is 2.54. The van der Waals surface area contributed by atoms with Crippen LogP contribution >= 0.6 is 12.4 Å². The first-order valence-corrected chi connectivity index (χ1v) is 13.1. The molecule has 1 atom stereocenters. The molecule has 1 saturated carbocycles. The van der Waals surface area contributed by atoms with Crippen LogP contribution in [0.1, 0.15) is 76.7 Å². The molecule has 0 aromatic heterocycles. The van der Waals surface area contributed by atoms with Crippen molar-refractivity contribution in [1.82, 2.24) is 15.1 Å². The van der Waals surface area contributed by atoms with E-state index in [9.17, 15) is 14.4 Å². The van der Waals surface area contributed by atoms with E-state index in [1.807, 2.05) is 35.2 Å². The van der Waals surface area contributed by atoms with E-state index >= 15 is 0 Å². The van der Waals surface area contributed by atoms with Crippen LogP contribution in [0.2, 0.25) is 0 Å². The zero-order valence-electron chi connectivity index (χ0n) is 20.9. The highest BCUT2D eigenvalue weighted by atomic mass is 35.5. The number of piperidine rings is 1. The van der Waals surface area contributed by atoms with Crippen LogP contribution < -0.4 is 5.32 Å². The highest BCUT2D eigenvalue weighted by Crippen LogP contribution is 2.36. The van der Waals surface area contributed by atoms with Crippen LogP contribution in [0.15, 0.2) is 30.3 Å². The van der Waals surface area contributed by atoms with E-state index in [0.717, 1.165) is 37.7 Å². The first kappa shape index (κ1) is 27.3. The molecular formula is C27H40ClN3O4. The third-order valence-corrected chi connectivity index (χ3v) is 7.89. The van der Waals surface area contributed by atoms with Crippen molar-refractivity contribution in [3.8, 4) is 0 Å². The molecular weight excluding hydrogens is 466 g/mol. The Morgan fingerprint density at radius 2 is 1.77 bits per heavy atom. The minimum absolute atomic E-state index is 0. The molecule has 194 valence electrons. The fourth-order valence-electron chi connectivity index (χ4n) is 5.80. The molecule has 1 aromatic rings. The van der Waals surface area contributed by atoms with Crippen molar-refractivity contribution in [2.24, 2.45) is 5.92 Å². The van der Waals surface area contributed by atoms with Gasteiger partial charge < -0.3 is 19.9 Å². The molecule has 1 spiro atoms. The molecule has 2 saturated heterocycles. The van der Waals surface area contributed by atoms with Gasteiger partial charge in [-0.25, -0.2) is 4.79 Å². The number of carbonyl (C=O) groups excluding carboxylic acids is 3. The van der Waals surface area contributed by atoms with Crippen LogP contribution in [0.25, 0.3) is 0 Å². The minimum atomic E-state index is -0.856. The lowest BCUT2D eigenvalue weighted by molar-refractivity contribution is -0.161. The maximum atomic E-state index is 13.6. The number of hydrogen-bond acceptors (Lipinski definition) is 4. The van der Waals surface area contributed by atoms with E-state index in [-0.39, 0.29) is 36.9 Å². The maximum Gasteiger partial charge on any atom is 0.410 e. The van der Waals surface area contributed by atoms with Crippen molar-refractivity contribution in [2.45, 2.75) is 89.3 Å². The zero-order valence-corrected chi connectivity index (χ0v) is 21.7. The van der Waals surface area contributed by atoms with Crippen LogP contribution in [-0.2, 0) is 20.9 Å². The van der Waals surface area contributed by atoms with Gasteiger partial charge in [-0.1, -0.05) is 75.8 Å². The lowest BCUT2D eigenvalue weighted by atomic mass is 9.79. The summed E-state index contributed by atoms with van der Waals surface area (Å²) in [7, 11) is 0. The molecule has 2 aliphatic heterocycles. The van der Waals surface area contributed by atoms with Crippen LogP contribution in [-0.4, -0.2) is 58.9 Å². The van der Waals surface area contributed by atoms with E-state index in [2.05, 4.69) is 12.2 Å². The number of benzene rings is 1. The molecule has 8 heteroatoms. The second-order valence-electron chi connectivity index (χ2n) is 10.2. The molecule has 7 nitrogen and oxygen atoms in total. The number of ether oxygens (including phenoxy) is 1. The molecule has 1 aromatic carbocycles. The number of likely N-dealkylation sites (tertiary alicyclic amines) is 1. The molecule has 3 aliphatic rings. The van der Waals surface area contributed by atoms with Gasteiger partial charge in [0.25, 0.3) is 0 Å². The number of piperazine rings is 1. The molecule has 35 heavy (non-hydrogen) atoms. The van der Waals surface area contributed by atoms with Crippen LogP contribution in [0.3, 0.4) is 0 Å². The first-order valence-electron chi connectivity index (χ1n) is 13.1. The Labute approximate surface area is 215 Å². The van der Waals surface area contributed by atoms with Gasteiger partial charge in [-0.15, -0.1) is 12.4 Å². The number of hydrogen-bond donors (Lipinski definition) is 1. The fourth-order valence-corrected chi connectivity index (χ4v) is 5.80. The van der Waals surface area contributed by atoms with Gasteiger partial charge in [-0.05, 0) is 37.2 Å². The van der Waals surface area contributed by atoms with Crippen molar-refractivity contribution in [2.75, 3.05) is 19.6 Å². The molecule has 3 amide bonds. The van der Waals surface area contributed by atoms with E-state index in [4.69, 9.17) is 4.74 Å². The Hall–Kier alpha value is -2.28. The summed E-state index contributed by atoms with van der Waals surface area (Å²) in [4.78, 5) is 43.3. The van der Waals surface area contributed by atoms with Crippen molar-refractivity contribution < 1.29 is 19.1 Å². The largest absolute Gasteiger partial charge is 0.445 e. The normalized spacial score (nSPS) is 22.5. The Bertz CT molecular complexity index is 851. The second kappa shape index (κ2) is 12.6. The van der Waals surface area contributed by atoms with Crippen molar-refractivity contribution in [3.63, 3.8) is 0 Å². The minimum Gasteiger partial charge on any atom is -0.445 e. The molecule has 0 radical (unpaired) electrons. The van der Waals surface area contributed by atoms with Gasteiger partial charge in [0.2, 0.25) is 11.8 Å². The SMILES string of the molecule is CCCCN1C(=O)C(CC2CCCCC2)NC(=O)C12CCN(C(=O)OCc1ccccc1)CC2.Cl. The third-order valence-electron chi connectivity index (χ3n) is 7.89. The Morgan fingerprint density at radius 3 is 2.43 bits per heavy atom. The average Bonchev–Trinajstić information content (AvgIpc) is 2.87. The number of rotatable bonds is 7. The highest BCUT2D eigenvalue weighted by molar-refractivity contribution is 6.00. The standard InChI is InChI=1S/C27H39N3O4.ClH/c1-2-3-16-30-24(31)23(19-21-10-6-4-7-11-21)28-25(32)27(30)14-17-29(18-15-27)26(33)34-20-22-12-8-5-9-13-22;/h5,8-9,12-13,21,23H,2-4,6-7,10-11,14-20H2,1H3,(H,28,32);1H. The number of halogens is 1. The maximum absolute atomic E-state index is 13.6. The van der Waals surface area contributed by atoms with Crippen LogP contribution in [0, 0.1) is 5.92 Å². The molecule has 2 heterocycles. The average molecular weight is 506 g/mol. The number of unbranched alkanes of at least 4 members (excludes halogenated alkanes) is 1. The van der Waals surface area contributed by atoms with Gasteiger partial charge in [-0.2, -0.15) is 0 Å². The summed E-state index contributed by atoms with van der Waals surface area (Å²) in [6.07, 6.45) is 9.15. The van der Waals surface area contributed by atoms with Crippen molar-refractivity contribution in [1.29, 1.82) is 0 Å². The number of carbonyl (C=O) groups is 3. The molecule has 1 aliphatic carbocycles. The number of nitrogens with one attached hydrogen (secondary N) is 1. The van der Waals surface area contributed by atoms with E-state index in [1.165, 1.54) is 19.3 Å². The summed E-state index contributed by atoms with van der Waals surface area (Å²) in [6.45, 7) is 3.74. The van der Waals surface area contributed by atoms with E-state index < -0.39 is 11.6 Å². The van der Waals surface area contributed by atoms with Crippen LogP contribution in [0.4, 0.5) is 4.79 Å². The Morgan fingerprint density at radius 1 is 1.09 bits per heavy atom. The summed E-state index contributed by atoms with van der Waals surface area (Å²) in [5, 5.41) is 3.11. The Kier molecular flexibility index (Phi) is 9.84. The third kappa shape index (κ3) is 6.29.